The molecular formula is C25H29FN4O3. The van der Waals surface area contributed by atoms with E-state index in [1.165, 1.54) is 12.1 Å². The number of hydrogen-bond acceptors (Lipinski definition) is 4. The summed E-state index contributed by atoms with van der Waals surface area (Å²) in [6.07, 6.45) is 0.331. The van der Waals surface area contributed by atoms with Gasteiger partial charge in [-0.3, -0.25) is 14.4 Å². The smallest absolute Gasteiger partial charge is 0.254 e. The number of anilines is 2. The highest BCUT2D eigenvalue weighted by Crippen LogP contribution is 2.39. The summed E-state index contributed by atoms with van der Waals surface area (Å²) in [7, 11) is 0. The summed E-state index contributed by atoms with van der Waals surface area (Å²) in [4.78, 5) is 42.6. The zero-order valence-electron chi connectivity index (χ0n) is 18.9. The maximum Gasteiger partial charge on any atom is 0.254 e. The van der Waals surface area contributed by atoms with Gasteiger partial charge in [-0.05, 0) is 41.8 Å². The van der Waals surface area contributed by atoms with Crippen molar-refractivity contribution in [3.05, 3.63) is 59.4 Å². The van der Waals surface area contributed by atoms with Gasteiger partial charge in [0.1, 0.15) is 5.82 Å². The molecule has 3 amide bonds. The molecule has 0 spiro atoms. The minimum Gasteiger partial charge on any atom is -0.336 e. The number of nitrogens with zero attached hydrogens (tertiary/aromatic N) is 2. The van der Waals surface area contributed by atoms with Gasteiger partial charge < -0.3 is 20.4 Å². The molecule has 2 heterocycles. The minimum atomic E-state index is -0.576. The van der Waals surface area contributed by atoms with Crippen molar-refractivity contribution in [1.82, 2.24) is 10.2 Å². The van der Waals surface area contributed by atoms with Gasteiger partial charge in [0.15, 0.2) is 0 Å². The van der Waals surface area contributed by atoms with Crippen LogP contribution in [0.2, 0.25) is 0 Å². The molecule has 2 aliphatic heterocycles. The Balaban J connectivity index is 1.75. The van der Waals surface area contributed by atoms with Crippen LogP contribution in [0.4, 0.5) is 15.8 Å². The number of fused-ring (bicyclic) bond motifs is 1. The van der Waals surface area contributed by atoms with Crippen molar-refractivity contribution in [3.63, 3.8) is 0 Å². The largest absolute Gasteiger partial charge is 0.336 e. The minimum absolute atomic E-state index is 0.0330. The molecular weight excluding hydrogens is 423 g/mol. The molecule has 0 radical (unpaired) electrons. The molecule has 0 aliphatic carbocycles. The molecule has 2 aromatic carbocycles. The number of carbonyl (C=O) groups excluding carboxylic acids is 3. The number of rotatable bonds is 4. The van der Waals surface area contributed by atoms with Crippen LogP contribution in [-0.4, -0.2) is 48.8 Å². The number of amides is 3. The first kappa shape index (κ1) is 22.9. The molecule has 0 aromatic heterocycles. The number of halogens is 1. The Morgan fingerprint density at radius 2 is 1.79 bits per heavy atom. The second-order valence-electron chi connectivity index (χ2n) is 8.96. The molecule has 2 N–H and O–H groups in total. The first-order chi connectivity index (χ1) is 15.8. The molecule has 0 bridgehead atoms. The van der Waals surface area contributed by atoms with Crippen LogP contribution in [0, 0.1) is 11.7 Å². The Kier molecular flexibility index (Phi) is 6.74. The average Bonchev–Trinajstić information content (AvgIpc) is 2.94. The standard InChI is InChI=1S/C25H29FN4O3/c1-16(2)13-24(32)30-21-8-5-18(25(33)29-11-9-27-10-12-29)14-20(21)28-23(31)15-22(30)17-3-6-19(26)7-4-17/h3-8,14,16,22,27H,9-13,15H2,1-2H3,(H,28,31). The van der Waals surface area contributed by atoms with Crippen LogP contribution in [0.15, 0.2) is 42.5 Å². The molecule has 33 heavy (non-hydrogen) atoms. The quantitative estimate of drug-likeness (QED) is 0.746. The lowest BCUT2D eigenvalue weighted by Gasteiger charge is -2.32. The van der Waals surface area contributed by atoms with Gasteiger partial charge in [0.05, 0.1) is 23.8 Å². The SMILES string of the molecule is CC(C)CC(=O)N1c2ccc(C(=O)N3CCNCC3)cc2NC(=O)CC1c1ccc(F)cc1. The molecule has 1 saturated heterocycles. The van der Waals surface area contributed by atoms with Gasteiger partial charge >= 0.3 is 0 Å². The van der Waals surface area contributed by atoms with Gasteiger partial charge in [0.25, 0.3) is 5.91 Å². The molecule has 174 valence electrons. The summed E-state index contributed by atoms with van der Waals surface area (Å²) in [5.41, 5.74) is 2.12. The molecule has 2 aromatic rings. The Hall–Kier alpha value is -3.26. The van der Waals surface area contributed by atoms with E-state index in [1.54, 1.807) is 40.1 Å². The lowest BCUT2D eigenvalue weighted by atomic mass is 9.99. The van der Waals surface area contributed by atoms with Gasteiger partial charge in [-0.2, -0.15) is 0 Å². The van der Waals surface area contributed by atoms with Crippen molar-refractivity contribution in [2.24, 2.45) is 5.92 Å². The normalized spacial score (nSPS) is 18.5. The van der Waals surface area contributed by atoms with Gasteiger partial charge in [-0.15, -0.1) is 0 Å². The van der Waals surface area contributed by atoms with E-state index in [9.17, 15) is 18.8 Å². The molecule has 0 saturated carbocycles. The summed E-state index contributed by atoms with van der Waals surface area (Å²) < 4.78 is 13.6. The summed E-state index contributed by atoms with van der Waals surface area (Å²) >= 11 is 0. The Morgan fingerprint density at radius 3 is 2.45 bits per heavy atom. The van der Waals surface area contributed by atoms with E-state index in [2.05, 4.69) is 10.6 Å². The first-order valence-electron chi connectivity index (χ1n) is 11.3. The zero-order chi connectivity index (χ0) is 23.5. The third kappa shape index (κ3) is 5.06. The number of piperazine rings is 1. The third-order valence-electron chi connectivity index (χ3n) is 5.98. The van der Waals surface area contributed by atoms with Crippen molar-refractivity contribution < 1.29 is 18.8 Å². The summed E-state index contributed by atoms with van der Waals surface area (Å²) in [5.74, 6) is -0.757. The highest BCUT2D eigenvalue weighted by molar-refractivity contribution is 6.06. The van der Waals surface area contributed by atoms with Crippen LogP contribution in [0.5, 0.6) is 0 Å². The fraction of sp³-hybridized carbons (Fsp3) is 0.400. The van der Waals surface area contributed by atoms with Crippen LogP contribution in [0.3, 0.4) is 0 Å². The Bertz CT molecular complexity index is 1050. The van der Waals surface area contributed by atoms with Crippen LogP contribution < -0.4 is 15.5 Å². The molecule has 1 fully saturated rings. The van der Waals surface area contributed by atoms with Crippen molar-refractivity contribution in [1.29, 1.82) is 0 Å². The molecule has 8 heteroatoms. The van der Waals surface area contributed by atoms with E-state index in [4.69, 9.17) is 0 Å². The number of benzene rings is 2. The number of hydrogen-bond donors (Lipinski definition) is 2. The van der Waals surface area contributed by atoms with Crippen molar-refractivity contribution in [3.8, 4) is 0 Å². The molecule has 2 aliphatic rings. The highest BCUT2D eigenvalue weighted by atomic mass is 19.1. The Morgan fingerprint density at radius 1 is 1.09 bits per heavy atom. The van der Waals surface area contributed by atoms with E-state index in [0.717, 1.165) is 13.1 Å². The zero-order valence-corrected chi connectivity index (χ0v) is 18.9. The van der Waals surface area contributed by atoms with E-state index in [0.29, 0.717) is 42.0 Å². The van der Waals surface area contributed by atoms with Crippen LogP contribution in [0.25, 0.3) is 0 Å². The molecule has 1 unspecified atom stereocenters. The van der Waals surface area contributed by atoms with E-state index < -0.39 is 6.04 Å². The average molecular weight is 453 g/mol. The topological polar surface area (TPSA) is 81.8 Å². The number of nitrogens with one attached hydrogen (secondary N) is 2. The molecule has 4 rings (SSSR count). The van der Waals surface area contributed by atoms with Crippen LogP contribution in [-0.2, 0) is 9.59 Å². The maximum absolute atomic E-state index is 13.6. The van der Waals surface area contributed by atoms with E-state index in [1.807, 2.05) is 13.8 Å². The fourth-order valence-corrected chi connectivity index (χ4v) is 4.37. The van der Waals surface area contributed by atoms with E-state index in [-0.39, 0.29) is 35.9 Å². The fourth-order valence-electron chi connectivity index (χ4n) is 4.37. The van der Waals surface area contributed by atoms with Gasteiger partial charge in [-0.1, -0.05) is 26.0 Å². The molecule has 7 nitrogen and oxygen atoms in total. The Labute approximate surface area is 192 Å². The predicted octanol–water partition coefficient (Wildman–Crippen LogP) is 3.33. The monoisotopic (exact) mass is 452 g/mol. The van der Waals surface area contributed by atoms with Crippen LogP contribution in [0.1, 0.15) is 48.7 Å². The predicted molar refractivity (Wildman–Crippen MR) is 125 cm³/mol. The third-order valence-corrected chi connectivity index (χ3v) is 5.98. The van der Waals surface area contributed by atoms with Crippen LogP contribution >= 0.6 is 0 Å². The first-order valence-corrected chi connectivity index (χ1v) is 11.3. The lowest BCUT2D eigenvalue weighted by molar-refractivity contribution is -0.120. The maximum atomic E-state index is 13.6. The second kappa shape index (κ2) is 9.70. The van der Waals surface area contributed by atoms with Crippen molar-refractivity contribution in [2.75, 3.05) is 36.4 Å². The summed E-state index contributed by atoms with van der Waals surface area (Å²) in [6, 6.07) is 10.4. The lowest BCUT2D eigenvalue weighted by Crippen LogP contribution is -2.46. The number of carbonyl (C=O) groups is 3. The van der Waals surface area contributed by atoms with Gasteiger partial charge in [0.2, 0.25) is 11.8 Å². The van der Waals surface area contributed by atoms with Gasteiger partial charge in [-0.25, -0.2) is 4.39 Å². The van der Waals surface area contributed by atoms with Crippen molar-refractivity contribution >= 4 is 29.1 Å². The molecule has 1 atom stereocenters. The van der Waals surface area contributed by atoms with Gasteiger partial charge in [0, 0.05) is 38.2 Å². The van der Waals surface area contributed by atoms with Crippen molar-refractivity contribution in [2.45, 2.75) is 32.7 Å². The van der Waals surface area contributed by atoms with E-state index >= 15 is 0 Å². The highest BCUT2D eigenvalue weighted by Gasteiger charge is 2.34. The summed E-state index contributed by atoms with van der Waals surface area (Å²) in [5, 5.41) is 6.10. The second-order valence-corrected chi connectivity index (χ2v) is 8.96. The summed E-state index contributed by atoms with van der Waals surface area (Å²) in [6.45, 7) is 6.64.